The summed E-state index contributed by atoms with van der Waals surface area (Å²) < 4.78 is 16.2. The lowest BCUT2D eigenvalue weighted by Gasteiger charge is -2.33. The molecule has 0 unspecified atom stereocenters. The van der Waals surface area contributed by atoms with E-state index in [1.54, 1.807) is 4.52 Å². The first kappa shape index (κ1) is 16.9. The Morgan fingerprint density at radius 3 is 2.46 bits per heavy atom. The third-order valence-corrected chi connectivity index (χ3v) is 4.35. The van der Waals surface area contributed by atoms with Crippen LogP contribution in [0.4, 0.5) is 10.3 Å². The molecule has 128 valence electrons. The molecule has 0 radical (unpaired) electrons. The minimum atomic E-state index is -0.307. The van der Waals surface area contributed by atoms with E-state index in [0.29, 0.717) is 28.3 Å². The number of likely N-dealkylation sites (N-methyl/N-ethyl adjacent to an activating group) is 1. The number of benzene rings is 1. The summed E-state index contributed by atoms with van der Waals surface area (Å²) in [6.07, 6.45) is 0. The minimum absolute atomic E-state index is 0. The molecule has 0 atom stereocenters. The van der Waals surface area contributed by atoms with Crippen LogP contribution >= 0.6 is 12.4 Å². The van der Waals surface area contributed by atoms with Crippen LogP contribution in [0.15, 0.2) is 12.1 Å². The minimum Gasteiger partial charge on any atom is -0.338 e. The van der Waals surface area contributed by atoms with Gasteiger partial charge in [0, 0.05) is 31.6 Å². The van der Waals surface area contributed by atoms with Crippen LogP contribution < -0.4 is 4.90 Å². The monoisotopic (exact) mass is 350 g/mol. The van der Waals surface area contributed by atoms with E-state index in [1.165, 1.54) is 6.07 Å². The van der Waals surface area contributed by atoms with E-state index in [0.717, 1.165) is 31.7 Å². The fourth-order valence-corrected chi connectivity index (χ4v) is 3.11. The predicted octanol–water partition coefficient (Wildman–Crippen LogP) is 2.21. The third kappa shape index (κ3) is 2.67. The molecule has 0 amide bonds. The number of halogens is 2. The number of fused-ring (bicyclic) bond motifs is 3. The second-order valence-corrected chi connectivity index (χ2v) is 6.24. The summed E-state index contributed by atoms with van der Waals surface area (Å²) >= 11 is 0. The molecule has 3 aromatic rings. The Hall–Kier alpha value is -1.99. The molecule has 6 nitrogen and oxygen atoms in total. The highest BCUT2D eigenvalue weighted by molar-refractivity contribution is 5.93. The highest BCUT2D eigenvalue weighted by Gasteiger charge is 2.22. The third-order valence-electron chi connectivity index (χ3n) is 4.35. The van der Waals surface area contributed by atoms with Gasteiger partial charge in [-0.3, -0.25) is 0 Å². The fraction of sp³-hybridized carbons (Fsp3) is 0.438. The molecule has 0 bridgehead atoms. The van der Waals surface area contributed by atoms with Crippen molar-refractivity contribution < 1.29 is 4.39 Å². The summed E-state index contributed by atoms with van der Waals surface area (Å²) in [5.41, 5.74) is 1.89. The van der Waals surface area contributed by atoms with Crippen molar-refractivity contribution in [2.24, 2.45) is 0 Å². The van der Waals surface area contributed by atoms with E-state index in [-0.39, 0.29) is 18.2 Å². The van der Waals surface area contributed by atoms with Crippen molar-refractivity contribution in [3.05, 3.63) is 29.3 Å². The highest BCUT2D eigenvalue weighted by Crippen LogP contribution is 2.26. The quantitative estimate of drug-likeness (QED) is 0.673. The van der Waals surface area contributed by atoms with Crippen LogP contribution in [-0.4, -0.2) is 57.7 Å². The summed E-state index contributed by atoms with van der Waals surface area (Å²) in [6.45, 7) is 7.30. The molecule has 1 aliphatic heterocycles. The van der Waals surface area contributed by atoms with E-state index in [2.05, 4.69) is 31.9 Å². The maximum atomic E-state index is 14.4. The van der Waals surface area contributed by atoms with E-state index in [1.807, 2.05) is 19.9 Å². The van der Waals surface area contributed by atoms with Crippen molar-refractivity contribution in [3.63, 3.8) is 0 Å². The first-order chi connectivity index (χ1) is 11.0. The zero-order chi connectivity index (χ0) is 16.1. The molecule has 1 fully saturated rings. The van der Waals surface area contributed by atoms with Gasteiger partial charge in [-0.1, -0.05) is 0 Å². The summed E-state index contributed by atoms with van der Waals surface area (Å²) in [5.74, 6) is 1.03. The zero-order valence-corrected chi connectivity index (χ0v) is 14.8. The Balaban J connectivity index is 0.00000169. The molecular weight excluding hydrogens is 331 g/mol. The van der Waals surface area contributed by atoms with Gasteiger partial charge in [0.05, 0.1) is 0 Å². The van der Waals surface area contributed by atoms with E-state index in [4.69, 9.17) is 0 Å². The number of anilines is 1. The van der Waals surface area contributed by atoms with E-state index in [9.17, 15) is 4.39 Å². The Morgan fingerprint density at radius 2 is 1.75 bits per heavy atom. The first-order valence-corrected chi connectivity index (χ1v) is 7.79. The molecule has 1 aromatic carbocycles. The maximum absolute atomic E-state index is 14.4. The molecule has 24 heavy (non-hydrogen) atoms. The molecule has 0 aliphatic carbocycles. The average molecular weight is 351 g/mol. The average Bonchev–Trinajstić information content (AvgIpc) is 2.89. The number of piperazine rings is 1. The van der Waals surface area contributed by atoms with Crippen molar-refractivity contribution in [2.75, 3.05) is 38.1 Å². The van der Waals surface area contributed by atoms with Gasteiger partial charge in [0.1, 0.15) is 17.2 Å². The van der Waals surface area contributed by atoms with Crippen LogP contribution in [0.1, 0.15) is 11.4 Å². The van der Waals surface area contributed by atoms with E-state index < -0.39 is 0 Å². The number of aromatic nitrogens is 4. The fourth-order valence-electron chi connectivity index (χ4n) is 3.11. The molecule has 4 rings (SSSR count). The SMILES string of the molecule is Cc1cc(F)c2nc(N3CCN(C)CC3)n3nc(C)nc3c2c1.Cl. The molecule has 1 saturated heterocycles. The highest BCUT2D eigenvalue weighted by atomic mass is 35.5. The topological polar surface area (TPSA) is 49.6 Å². The van der Waals surface area contributed by atoms with Crippen LogP contribution in [0.3, 0.4) is 0 Å². The number of hydrogen-bond donors (Lipinski definition) is 0. The van der Waals surface area contributed by atoms with Crippen molar-refractivity contribution in [3.8, 4) is 0 Å². The van der Waals surface area contributed by atoms with Gasteiger partial charge in [0.2, 0.25) is 5.95 Å². The maximum Gasteiger partial charge on any atom is 0.229 e. The summed E-state index contributed by atoms with van der Waals surface area (Å²) in [5, 5.41) is 5.19. The van der Waals surface area contributed by atoms with Crippen LogP contribution in [0, 0.1) is 19.7 Å². The van der Waals surface area contributed by atoms with Crippen molar-refractivity contribution in [1.29, 1.82) is 0 Å². The van der Waals surface area contributed by atoms with Gasteiger partial charge < -0.3 is 9.80 Å². The Morgan fingerprint density at radius 1 is 1.04 bits per heavy atom. The van der Waals surface area contributed by atoms with Gasteiger partial charge in [-0.15, -0.1) is 17.5 Å². The lowest BCUT2D eigenvalue weighted by atomic mass is 10.1. The summed E-state index contributed by atoms with van der Waals surface area (Å²) in [7, 11) is 2.10. The van der Waals surface area contributed by atoms with Crippen molar-refractivity contribution in [1.82, 2.24) is 24.5 Å². The van der Waals surface area contributed by atoms with Crippen molar-refractivity contribution >= 4 is 34.9 Å². The molecule has 1 aliphatic rings. The number of hydrogen-bond acceptors (Lipinski definition) is 5. The Kier molecular flexibility index (Phi) is 4.31. The van der Waals surface area contributed by atoms with Gasteiger partial charge in [-0.25, -0.2) is 14.4 Å². The molecule has 0 N–H and O–H groups in total. The van der Waals surface area contributed by atoms with Crippen LogP contribution in [0.25, 0.3) is 16.6 Å². The standard InChI is InChI=1S/C16H19FN6.ClH/c1-10-8-12-14(13(17)9-10)19-16(22-6-4-21(3)5-7-22)23-15(12)18-11(2)20-23;/h8-9H,4-7H2,1-3H3;1H. The predicted molar refractivity (Wildman–Crippen MR) is 94.7 cm³/mol. The zero-order valence-electron chi connectivity index (χ0n) is 14.0. The Bertz CT molecular complexity index is 901. The van der Waals surface area contributed by atoms with E-state index >= 15 is 0 Å². The summed E-state index contributed by atoms with van der Waals surface area (Å²) in [4.78, 5) is 13.5. The number of nitrogens with zero attached hydrogens (tertiary/aromatic N) is 6. The van der Waals surface area contributed by atoms with Gasteiger partial charge >= 0.3 is 0 Å². The summed E-state index contributed by atoms with van der Waals surface area (Å²) in [6, 6.07) is 3.44. The molecule has 0 spiro atoms. The van der Waals surface area contributed by atoms with Crippen molar-refractivity contribution in [2.45, 2.75) is 13.8 Å². The second kappa shape index (κ2) is 6.14. The first-order valence-electron chi connectivity index (χ1n) is 7.79. The second-order valence-electron chi connectivity index (χ2n) is 6.24. The molecule has 8 heteroatoms. The number of rotatable bonds is 1. The normalized spacial score (nSPS) is 15.9. The smallest absolute Gasteiger partial charge is 0.229 e. The Labute approximate surface area is 145 Å². The van der Waals surface area contributed by atoms with Gasteiger partial charge in [0.25, 0.3) is 0 Å². The molecule has 3 heterocycles. The molecule has 2 aromatic heterocycles. The van der Waals surface area contributed by atoms with Crippen LogP contribution in [0.5, 0.6) is 0 Å². The van der Waals surface area contributed by atoms with Gasteiger partial charge in [0.15, 0.2) is 5.65 Å². The van der Waals surface area contributed by atoms with Gasteiger partial charge in [-0.05, 0) is 38.6 Å². The lowest BCUT2D eigenvalue weighted by molar-refractivity contribution is 0.310. The van der Waals surface area contributed by atoms with Crippen LogP contribution in [-0.2, 0) is 0 Å². The van der Waals surface area contributed by atoms with Gasteiger partial charge in [-0.2, -0.15) is 4.52 Å². The molecule has 0 saturated carbocycles. The molecular formula is C16H20ClFN6. The lowest BCUT2D eigenvalue weighted by Crippen LogP contribution is -2.45. The number of aryl methyl sites for hydroxylation is 2. The van der Waals surface area contributed by atoms with Crippen LogP contribution in [0.2, 0.25) is 0 Å². The largest absolute Gasteiger partial charge is 0.338 e.